The van der Waals surface area contributed by atoms with E-state index < -0.39 is 0 Å². The van der Waals surface area contributed by atoms with Crippen LogP contribution in [0.25, 0.3) is 21.8 Å². The number of hydrogen-bond acceptors (Lipinski definition) is 8. The minimum Gasteiger partial charge on any atom is -0.493 e. The number of anilines is 2. The van der Waals surface area contributed by atoms with Gasteiger partial charge in [-0.15, -0.1) is 0 Å². The summed E-state index contributed by atoms with van der Waals surface area (Å²) in [4.78, 5) is 18.0. The van der Waals surface area contributed by atoms with Crippen molar-refractivity contribution in [3.63, 3.8) is 0 Å². The standard InChI is InChI=1S/C20H19N5O3/c1-11-13-9-16(26-2)17(27-3)10-15(13)23-19(21-11)25-20-22-14-8-6-5-7-12(14)18(24-20)28-4/h5-10H,1-4H3,(H,21,22,23,24,25). The van der Waals surface area contributed by atoms with E-state index in [2.05, 4.69) is 25.3 Å². The van der Waals surface area contributed by atoms with E-state index in [1.165, 1.54) is 0 Å². The highest BCUT2D eigenvalue weighted by molar-refractivity contribution is 5.86. The summed E-state index contributed by atoms with van der Waals surface area (Å²) in [5.41, 5.74) is 2.28. The predicted octanol–water partition coefficient (Wildman–Crippen LogP) is 3.65. The van der Waals surface area contributed by atoms with Crippen molar-refractivity contribution >= 4 is 33.7 Å². The Labute approximate surface area is 161 Å². The van der Waals surface area contributed by atoms with Crippen molar-refractivity contribution in [2.24, 2.45) is 0 Å². The minimum atomic E-state index is 0.356. The molecular weight excluding hydrogens is 358 g/mol. The van der Waals surface area contributed by atoms with Crippen LogP contribution >= 0.6 is 0 Å². The Hall–Kier alpha value is -3.68. The highest BCUT2D eigenvalue weighted by atomic mass is 16.5. The quantitative estimate of drug-likeness (QED) is 0.563. The molecule has 28 heavy (non-hydrogen) atoms. The maximum absolute atomic E-state index is 5.39. The molecule has 0 aliphatic rings. The molecule has 8 heteroatoms. The van der Waals surface area contributed by atoms with Crippen LogP contribution in [0.1, 0.15) is 5.69 Å². The zero-order valence-electron chi connectivity index (χ0n) is 16.0. The van der Waals surface area contributed by atoms with Crippen LogP contribution in [0.2, 0.25) is 0 Å². The van der Waals surface area contributed by atoms with Crippen LogP contribution in [0, 0.1) is 6.92 Å². The summed E-state index contributed by atoms with van der Waals surface area (Å²) < 4.78 is 16.1. The first kappa shape index (κ1) is 17.7. The van der Waals surface area contributed by atoms with Crippen LogP contribution in [-0.2, 0) is 0 Å². The molecule has 0 amide bonds. The number of rotatable bonds is 5. The van der Waals surface area contributed by atoms with Gasteiger partial charge in [0.05, 0.1) is 43.4 Å². The van der Waals surface area contributed by atoms with Crippen LogP contribution in [0.4, 0.5) is 11.9 Å². The van der Waals surface area contributed by atoms with Crippen molar-refractivity contribution in [3.8, 4) is 17.4 Å². The van der Waals surface area contributed by atoms with Crippen molar-refractivity contribution in [1.82, 2.24) is 19.9 Å². The number of para-hydroxylation sites is 1. The molecule has 0 aliphatic carbocycles. The highest BCUT2D eigenvalue weighted by Crippen LogP contribution is 2.33. The third-order valence-corrected chi connectivity index (χ3v) is 4.38. The lowest BCUT2D eigenvalue weighted by Gasteiger charge is -2.12. The minimum absolute atomic E-state index is 0.356. The van der Waals surface area contributed by atoms with Gasteiger partial charge in [-0.25, -0.2) is 15.0 Å². The van der Waals surface area contributed by atoms with E-state index in [4.69, 9.17) is 14.2 Å². The van der Waals surface area contributed by atoms with E-state index >= 15 is 0 Å². The van der Waals surface area contributed by atoms with Crippen molar-refractivity contribution < 1.29 is 14.2 Å². The Bertz CT molecular complexity index is 1180. The summed E-state index contributed by atoms with van der Waals surface area (Å²) in [5, 5.41) is 4.78. The fourth-order valence-corrected chi connectivity index (χ4v) is 3.02. The van der Waals surface area contributed by atoms with E-state index in [1.807, 2.05) is 43.3 Å². The molecular formula is C20H19N5O3. The first-order chi connectivity index (χ1) is 13.6. The molecule has 4 rings (SSSR count). The van der Waals surface area contributed by atoms with E-state index in [1.54, 1.807) is 21.3 Å². The lowest BCUT2D eigenvalue weighted by molar-refractivity contribution is 0.355. The molecule has 1 N–H and O–H groups in total. The molecule has 0 bridgehead atoms. The van der Waals surface area contributed by atoms with Gasteiger partial charge >= 0.3 is 0 Å². The first-order valence-electron chi connectivity index (χ1n) is 8.61. The molecule has 0 aliphatic heterocycles. The molecule has 0 fully saturated rings. The van der Waals surface area contributed by atoms with Gasteiger partial charge in [-0.3, -0.25) is 5.32 Å². The lowest BCUT2D eigenvalue weighted by Crippen LogP contribution is -2.04. The smallest absolute Gasteiger partial charge is 0.233 e. The van der Waals surface area contributed by atoms with Gasteiger partial charge in [0.25, 0.3) is 0 Å². The maximum atomic E-state index is 5.39. The van der Waals surface area contributed by atoms with E-state index in [9.17, 15) is 0 Å². The van der Waals surface area contributed by atoms with Gasteiger partial charge in [-0.1, -0.05) is 12.1 Å². The number of fused-ring (bicyclic) bond motifs is 2. The molecule has 2 aromatic carbocycles. The molecule has 0 saturated carbocycles. The highest BCUT2D eigenvalue weighted by Gasteiger charge is 2.13. The number of nitrogens with one attached hydrogen (secondary N) is 1. The number of ether oxygens (including phenoxy) is 3. The molecule has 0 radical (unpaired) electrons. The zero-order valence-corrected chi connectivity index (χ0v) is 16.0. The number of aryl methyl sites for hydroxylation is 1. The van der Waals surface area contributed by atoms with Crippen molar-refractivity contribution in [3.05, 3.63) is 42.1 Å². The molecule has 4 aromatic rings. The average molecular weight is 377 g/mol. The van der Waals surface area contributed by atoms with Gasteiger partial charge in [0.15, 0.2) is 11.5 Å². The number of methoxy groups -OCH3 is 3. The van der Waals surface area contributed by atoms with Gasteiger partial charge in [0.1, 0.15) is 0 Å². The molecule has 0 saturated heterocycles. The van der Waals surface area contributed by atoms with Gasteiger partial charge in [0.2, 0.25) is 17.8 Å². The SMILES string of the molecule is COc1cc2nc(Nc3nc(OC)c4ccccc4n3)nc(C)c2cc1OC. The van der Waals surface area contributed by atoms with E-state index in [-0.39, 0.29) is 0 Å². The fraction of sp³-hybridized carbons (Fsp3) is 0.200. The summed E-state index contributed by atoms with van der Waals surface area (Å²) in [5.74, 6) is 2.45. The number of nitrogens with zero attached hydrogens (tertiary/aromatic N) is 4. The van der Waals surface area contributed by atoms with Crippen molar-refractivity contribution in [1.29, 1.82) is 0 Å². The molecule has 142 valence electrons. The maximum Gasteiger partial charge on any atom is 0.233 e. The Morgan fingerprint density at radius 3 is 2.14 bits per heavy atom. The Morgan fingerprint density at radius 2 is 1.39 bits per heavy atom. The topological polar surface area (TPSA) is 91.3 Å². The van der Waals surface area contributed by atoms with Gasteiger partial charge in [0, 0.05) is 11.5 Å². The summed E-state index contributed by atoms with van der Waals surface area (Å²) in [6, 6.07) is 11.3. The Morgan fingerprint density at radius 1 is 0.714 bits per heavy atom. The third kappa shape index (κ3) is 3.09. The first-order valence-corrected chi connectivity index (χ1v) is 8.61. The second-order valence-electron chi connectivity index (χ2n) is 6.06. The van der Waals surface area contributed by atoms with Crippen LogP contribution < -0.4 is 19.5 Å². The van der Waals surface area contributed by atoms with Crippen molar-refractivity contribution in [2.45, 2.75) is 6.92 Å². The van der Waals surface area contributed by atoms with Gasteiger partial charge in [-0.05, 0) is 25.1 Å². The molecule has 0 spiro atoms. The third-order valence-electron chi connectivity index (χ3n) is 4.38. The molecule has 2 aromatic heterocycles. The zero-order chi connectivity index (χ0) is 19.7. The second kappa shape index (κ2) is 7.15. The van der Waals surface area contributed by atoms with Crippen LogP contribution in [-0.4, -0.2) is 41.3 Å². The lowest BCUT2D eigenvalue weighted by atomic mass is 10.1. The number of benzene rings is 2. The van der Waals surface area contributed by atoms with E-state index in [0.717, 1.165) is 27.5 Å². The van der Waals surface area contributed by atoms with Gasteiger partial charge in [-0.2, -0.15) is 4.98 Å². The predicted molar refractivity (Wildman–Crippen MR) is 107 cm³/mol. The molecule has 8 nitrogen and oxygen atoms in total. The Kier molecular flexibility index (Phi) is 4.52. The second-order valence-corrected chi connectivity index (χ2v) is 6.06. The summed E-state index contributed by atoms with van der Waals surface area (Å²) in [6.07, 6.45) is 0. The van der Waals surface area contributed by atoms with E-state index in [0.29, 0.717) is 29.3 Å². The molecule has 0 unspecified atom stereocenters. The average Bonchev–Trinajstić information content (AvgIpc) is 2.72. The number of aromatic nitrogens is 4. The summed E-state index contributed by atoms with van der Waals surface area (Å²) in [6.45, 7) is 1.91. The number of hydrogen-bond donors (Lipinski definition) is 1. The summed E-state index contributed by atoms with van der Waals surface area (Å²) >= 11 is 0. The van der Waals surface area contributed by atoms with Crippen LogP contribution in [0.3, 0.4) is 0 Å². The fourth-order valence-electron chi connectivity index (χ4n) is 3.02. The Balaban J connectivity index is 1.78. The molecule has 0 atom stereocenters. The van der Waals surface area contributed by atoms with Gasteiger partial charge < -0.3 is 14.2 Å². The van der Waals surface area contributed by atoms with Crippen molar-refractivity contribution in [2.75, 3.05) is 26.6 Å². The summed E-state index contributed by atoms with van der Waals surface area (Å²) in [7, 11) is 4.77. The van der Waals surface area contributed by atoms with Crippen LogP contribution in [0.15, 0.2) is 36.4 Å². The largest absolute Gasteiger partial charge is 0.493 e. The molecule has 2 heterocycles. The van der Waals surface area contributed by atoms with Crippen LogP contribution in [0.5, 0.6) is 17.4 Å². The monoisotopic (exact) mass is 377 g/mol. The normalized spacial score (nSPS) is 10.9.